The van der Waals surface area contributed by atoms with Crippen LogP contribution >= 0.6 is 23.5 Å². The zero-order valence-corrected chi connectivity index (χ0v) is 18.1. The van der Waals surface area contributed by atoms with Gasteiger partial charge in [-0.1, -0.05) is 23.9 Å². The summed E-state index contributed by atoms with van der Waals surface area (Å²) in [5, 5.41) is 32.6. The van der Waals surface area contributed by atoms with Crippen LogP contribution in [0.15, 0.2) is 40.7 Å². The average Bonchev–Trinajstić information content (AvgIpc) is 3.19. The zero-order valence-electron chi connectivity index (χ0n) is 16.5. The van der Waals surface area contributed by atoms with Crippen molar-refractivity contribution in [2.45, 2.75) is 16.6 Å². The maximum atomic E-state index is 12.8. The summed E-state index contributed by atoms with van der Waals surface area (Å²) < 4.78 is 1.46. The van der Waals surface area contributed by atoms with E-state index in [0.29, 0.717) is 16.5 Å². The molecule has 12 nitrogen and oxygen atoms in total. The summed E-state index contributed by atoms with van der Waals surface area (Å²) >= 11 is 2.58. The first-order valence-corrected chi connectivity index (χ1v) is 11.2. The fourth-order valence-corrected chi connectivity index (χ4v) is 5.71. The highest BCUT2D eigenvalue weighted by Gasteiger charge is 2.54. The van der Waals surface area contributed by atoms with Crippen molar-refractivity contribution in [3.05, 3.63) is 46.7 Å². The van der Waals surface area contributed by atoms with Crippen molar-refractivity contribution in [2.24, 2.45) is 7.05 Å². The number of thioether (sulfide) groups is 2. The van der Waals surface area contributed by atoms with Gasteiger partial charge < -0.3 is 15.5 Å². The van der Waals surface area contributed by atoms with Crippen LogP contribution in [-0.4, -0.2) is 82.0 Å². The molecule has 0 saturated carbocycles. The zero-order chi connectivity index (χ0) is 23.0. The largest absolute Gasteiger partial charge is 0.478 e. The van der Waals surface area contributed by atoms with E-state index in [1.165, 1.54) is 52.5 Å². The molecule has 1 aromatic carbocycles. The van der Waals surface area contributed by atoms with Crippen molar-refractivity contribution in [3.8, 4) is 0 Å². The number of aromatic nitrogens is 4. The van der Waals surface area contributed by atoms with Gasteiger partial charge in [0.05, 0.1) is 11.1 Å². The van der Waals surface area contributed by atoms with Gasteiger partial charge in [0.2, 0.25) is 5.16 Å². The van der Waals surface area contributed by atoms with Crippen LogP contribution in [0.1, 0.15) is 20.7 Å². The van der Waals surface area contributed by atoms with Crippen LogP contribution in [0.4, 0.5) is 0 Å². The molecule has 1 fully saturated rings. The number of amides is 2. The molecule has 3 N–H and O–H groups in total. The fourth-order valence-electron chi connectivity index (χ4n) is 3.38. The van der Waals surface area contributed by atoms with Gasteiger partial charge in [0.15, 0.2) is 0 Å². The molecule has 3 heterocycles. The third-order valence-corrected chi connectivity index (χ3v) is 7.33. The molecule has 2 aromatic rings. The topological polar surface area (TPSA) is 168 Å². The number of aryl methyl sites for hydroxylation is 1. The minimum atomic E-state index is -1.26. The summed E-state index contributed by atoms with van der Waals surface area (Å²) in [5.41, 5.74) is 0.169. The molecule has 0 bridgehead atoms. The Morgan fingerprint density at radius 2 is 1.94 bits per heavy atom. The smallest absolute Gasteiger partial charge is 0.352 e. The van der Waals surface area contributed by atoms with Gasteiger partial charge >= 0.3 is 11.9 Å². The van der Waals surface area contributed by atoms with Crippen molar-refractivity contribution in [1.82, 2.24) is 30.4 Å². The summed E-state index contributed by atoms with van der Waals surface area (Å²) in [6, 6.07) is 4.71. The molecular formula is C18H16N6O6S2. The maximum Gasteiger partial charge on any atom is 0.352 e. The number of β-lactam (4-membered cyclic amide) rings is 1. The third-order valence-electron chi connectivity index (χ3n) is 4.90. The lowest BCUT2D eigenvalue weighted by Gasteiger charge is -2.49. The van der Waals surface area contributed by atoms with Crippen LogP contribution in [0.2, 0.25) is 0 Å². The number of benzene rings is 1. The molecule has 2 atom stereocenters. The highest BCUT2D eigenvalue weighted by Crippen LogP contribution is 2.41. The first-order chi connectivity index (χ1) is 15.3. The minimum absolute atomic E-state index is 0.0737. The first kappa shape index (κ1) is 21.8. The fraction of sp³-hybridized carbons (Fsp3) is 0.278. The number of hydrogen-bond donors (Lipinski definition) is 3. The van der Waals surface area contributed by atoms with Gasteiger partial charge in [-0.15, -0.1) is 16.9 Å². The molecule has 1 saturated heterocycles. The number of carbonyl (C=O) groups is 4. The lowest BCUT2D eigenvalue weighted by molar-refractivity contribution is -0.148. The standard InChI is InChI=1S/C18H16N6O6S2/c1-23-18(20-21-22-23)32-7-8-6-31-15-11(14(26)24(15)12(8)17(29)30)19-13(25)9-4-2-3-5-10(9)16(27)28/h2-5,11,15H,6-7H2,1H3,(H,19,25)(H,27,28)(H,29,30)/t11?,15-/m0/s1. The van der Waals surface area contributed by atoms with Crippen molar-refractivity contribution in [3.63, 3.8) is 0 Å². The summed E-state index contributed by atoms with van der Waals surface area (Å²) in [7, 11) is 1.66. The Morgan fingerprint density at radius 3 is 2.56 bits per heavy atom. The number of carbonyl (C=O) groups excluding carboxylic acids is 2. The van der Waals surface area contributed by atoms with E-state index >= 15 is 0 Å². The number of fused-ring (bicyclic) bond motifs is 1. The molecule has 2 amide bonds. The second-order valence-corrected chi connectivity index (χ2v) is 8.89. The molecule has 14 heteroatoms. The average molecular weight is 476 g/mol. The van der Waals surface area contributed by atoms with Gasteiger partial charge in [0.25, 0.3) is 11.8 Å². The number of nitrogens with one attached hydrogen (secondary N) is 1. The Balaban J connectivity index is 1.51. The SMILES string of the molecule is Cn1nnnc1SCC1=C(C(=O)O)N2C(=O)C(NC(=O)c3ccccc3C(=O)O)[C@@H]2SC1. The summed E-state index contributed by atoms with van der Waals surface area (Å²) in [6.45, 7) is 0. The quantitative estimate of drug-likeness (QED) is 0.365. The molecule has 1 aromatic heterocycles. The molecule has 1 unspecified atom stereocenters. The number of aliphatic carboxylic acids is 1. The van der Waals surface area contributed by atoms with Gasteiger partial charge in [-0.05, 0) is 28.1 Å². The van der Waals surface area contributed by atoms with Gasteiger partial charge in [-0.25, -0.2) is 14.3 Å². The number of carboxylic acids is 2. The third kappa shape index (κ3) is 3.82. The molecule has 2 aliphatic heterocycles. The molecule has 4 rings (SSSR count). The van der Waals surface area contributed by atoms with Crippen LogP contribution in [0.25, 0.3) is 0 Å². The number of nitrogens with zero attached hydrogens (tertiary/aromatic N) is 5. The van der Waals surface area contributed by atoms with Crippen molar-refractivity contribution in [2.75, 3.05) is 11.5 Å². The number of tetrazole rings is 1. The number of carboxylic acid groups (broad SMARTS) is 2. The maximum absolute atomic E-state index is 12.8. The van der Waals surface area contributed by atoms with Gasteiger partial charge in [0, 0.05) is 18.6 Å². The Hall–Kier alpha value is -3.39. The Kier molecular flexibility index (Phi) is 5.88. The molecular weight excluding hydrogens is 460 g/mol. The first-order valence-electron chi connectivity index (χ1n) is 9.18. The van der Waals surface area contributed by atoms with E-state index in [1.54, 1.807) is 7.05 Å². The highest BCUT2D eigenvalue weighted by atomic mass is 32.2. The van der Waals surface area contributed by atoms with E-state index < -0.39 is 35.2 Å². The number of hydrogen-bond acceptors (Lipinski definition) is 9. The Bertz CT molecular complexity index is 1160. The van der Waals surface area contributed by atoms with E-state index in [-0.39, 0.29) is 22.6 Å². The van der Waals surface area contributed by atoms with E-state index in [1.807, 2.05) is 0 Å². The van der Waals surface area contributed by atoms with Crippen LogP contribution in [0.5, 0.6) is 0 Å². The van der Waals surface area contributed by atoms with Crippen molar-refractivity contribution in [1.29, 1.82) is 0 Å². The van der Waals surface area contributed by atoms with Crippen LogP contribution < -0.4 is 5.32 Å². The number of rotatable bonds is 7. The summed E-state index contributed by atoms with van der Waals surface area (Å²) in [6.07, 6.45) is 0. The second-order valence-electron chi connectivity index (χ2n) is 6.84. The van der Waals surface area contributed by atoms with E-state index in [2.05, 4.69) is 20.8 Å². The van der Waals surface area contributed by atoms with E-state index in [4.69, 9.17) is 0 Å². The molecule has 0 radical (unpaired) electrons. The van der Waals surface area contributed by atoms with Crippen LogP contribution in [-0.2, 0) is 16.6 Å². The second kappa shape index (κ2) is 8.63. The lowest BCUT2D eigenvalue weighted by atomic mass is 10.0. The summed E-state index contributed by atoms with van der Waals surface area (Å²) in [4.78, 5) is 49.9. The van der Waals surface area contributed by atoms with E-state index in [9.17, 15) is 29.4 Å². The van der Waals surface area contributed by atoms with Gasteiger partial charge in [-0.3, -0.25) is 14.5 Å². The van der Waals surface area contributed by atoms with Crippen molar-refractivity contribution < 1.29 is 29.4 Å². The molecule has 0 aliphatic carbocycles. The van der Waals surface area contributed by atoms with Crippen LogP contribution in [0, 0.1) is 0 Å². The van der Waals surface area contributed by atoms with Crippen LogP contribution in [0.3, 0.4) is 0 Å². The molecule has 166 valence electrons. The van der Waals surface area contributed by atoms with E-state index in [0.717, 1.165) is 4.90 Å². The Labute approximate surface area is 189 Å². The predicted molar refractivity (Wildman–Crippen MR) is 112 cm³/mol. The molecule has 2 aliphatic rings. The molecule has 32 heavy (non-hydrogen) atoms. The molecule has 0 spiro atoms. The minimum Gasteiger partial charge on any atom is -0.478 e. The highest BCUT2D eigenvalue weighted by molar-refractivity contribution is 8.01. The van der Waals surface area contributed by atoms with Gasteiger partial charge in [-0.2, -0.15) is 0 Å². The predicted octanol–water partition coefficient (Wildman–Crippen LogP) is 0.0528. The van der Waals surface area contributed by atoms with Crippen molar-refractivity contribution >= 4 is 47.3 Å². The lowest BCUT2D eigenvalue weighted by Crippen LogP contribution is -2.70. The Morgan fingerprint density at radius 1 is 1.22 bits per heavy atom. The van der Waals surface area contributed by atoms with Gasteiger partial charge in [0.1, 0.15) is 17.1 Å². The monoisotopic (exact) mass is 476 g/mol. The number of aromatic carboxylic acids is 1. The normalized spacial score (nSPS) is 19.9. The summed E-state index contributed by atoms with van der Waals surface area (Å²) in [5.74, 6) is -3.16.